The monoisotopic (exact) mass is 333 g/mol. The highest BCUT2D eigenvalue weighted by atomic mass is 79.9. The summed E-state index contributed by atoms with van der Waals surface area (Å²) in [5, 5.41) is 2.90. The van der Waals surface area contributed by atoms with Crippen molar-refractivity contribution in [3.63, 3.8) is 0 Å². The molecule has 1 amide bonds. The van der Waals surface area contributed by atoms with E-state index in [0.29, 0.717) is 11.4 Å². The fraction of sp³-hybridized carbons (Fsp3) is 0.200. The second kappa shape index (κ2) is 6.05. The van der Waals surface area contributed by atoms with E-state index in [1.165, 1.54) is 0 Å². The van der Waals surface area contributed by atoms with E-state index in [2.05, 4.69) is 26.2 Å². The molecule has 1 aromatic heterocycles. The van der Waals surface area contributed by atoms with Crippen molar-refractivity contribution in [1.29, 1.82) is 0 Å². The number of halogens is 1. The average molecular weight is 334 g/mol. The van der Waals surface area contributed by atoms with Crippen LogP contribution in [0, 0.1) is 6.92 Å². The van der Waals surface area contributed by atoms with E-state index in [0.717, 1.165) is 15.7 Å². The molecule has 0 unspecified atom stereocenters. The van der Waals surface area contributed by atoms with Crippen LogP contribution < -0.4 is 10.2 Å². The van der Waals surface area contributed by atoms with Crippen molar-refractivity contribution in [3.8, 4) is 0 Å². The van der Waals surface area contributed by atoms with Gasteiger partial charge in [-0.25, -0.2) is 4.98 Å². The summed E-state index contributed by atoms with van der Waals surface area (Å²) in [5.74, 6) is 0.482. The first kappa shape index (κ1) is 14.5. The van der Waals surface area contributed by atoms with Gasteiger partial charge in [-0.3, -0.25) is 4.79 Å². The first-order valence-corrected chi connectivity index (χ1v) is 6.97. The van der Waals surface area contributed by atoms with Crippen LogP contribution in [0.2, 0.25) is 0 Å². The molecule has 0 bridgehead atoms. The molecular weight excluding hydrogens is 318 g/mol. The molecule has 0 aliphatic heterocycles. The predicted octanol–water partition coefficient (Wildman–Crippen LogP) is 3.47. The zero-order valence-corrected chi connectivity index (χ0v) is 13.2. The number of carbonyl (C=O) groups excluding carboxylic acids is 1. The molecule has 2 rings (SSSR count). The van der Waals surface area contributed by atoms with Crippen LogP contribution in [-0.2, 0) is 0 Å². The van der Waals surface area contributed by atoms with Crippen molar-refractivity contribution in [1.82, 2.24) is 4.98 Å². The van der Waals surface area contributed by atoms with E-state index < -0.39 is 0 Å². The van der Waals surface area contributed by atoms with Crippen LogP contribution in [0.15, 0.2) is 41.0 Å². The van der Waals surface area contributed by atoms with Gasteiger partial charge in [0.1, 0.15) is 5.82 Å². The summed E-state index contributed by atoms with van der Waals surface area (Å²) in [5.41, 5.74) is 2.39. The van der Waals surface area contributed by atoms with Crippen LogP contribution in [-0.4, -0.2) is 25.0 Å². The molecule has 0 saturated heterocycles. The Bertz CT molecular complexity index is 621. The average Bonchev–Trinajstić information content (AvgIpc) is 2.37. The molecule has 0 fully saturated rings. The molecule has 1 aromatic carbocycles. The van der Waals surface area contributed by atoms with Crippen molar-refractivity contribution < 1.29 is 4.79 Å². The summed E-state index contributed by atoms with van der Waals surface area (Å²) in [6, 6.07) is 9.31. The molecule has 4 nitrogen and oxygen atoms in total. The Morgan fingerprint density at radius 2 is 2.05 bits per heavy atom. The highest BCUT2D eigenvalue weighted by Crippen LogP contribution is 2.21. The van der Waals surface area contributed by atoms with Crippen LogP contribution in [0.1, 0.15) is 15.9 Å². The summed E-state index contributed by atoms with van der Waals surface area (Å²) in [4.78, 5) is 18.4. The number of nitrogens with one attached hydrogen (secondary N) is 1. The molecule has 1 N–H and O–H groups in total. The van der Waals surface area contributed by atoms with Crippen LogP contribution in [0.4, 0.5) is 11.5 Å². The molecular formula is C15H16BrN3O. The lowest BCUT2D eigenvalue weighted by atomic mass is 10.2. The molecule has 0 atom stereocenters. The number of benzene rings is 1. The number of anilines is 2. The summed E-state index contributed by atoms with van der Waals surface area (Å²) >= 11 is 3.42. The van der Waals surface area contributed by atoms with E-state index >= 15 is 0 Å². The number of aryl methyl sites for hydroxylation is 1. The lowest BCUT2D eigenvalue weighted by Crippen LogP contribution is -2.19. The third-order valence-electron chi connectivity index (χ3n) is 2.75. The number of hydrogen-bond acceptors (Lipinski definition) is 3. The van der Waals surface area contributed by atoms with Gasteiger partial charge >= 0.3 is 0 Å². The molecule has 0 aliphatic carbocycles. The number of amides is 1. The van der Waals surface area contributed by atoms with Gasteiger partial charge in [0.15, 0.2) is 0 Å². The minimum atomic E-state index is -0.167. The summed E-state index contributed by atoms with van der Waals surface area (Å²) in [7, 11) is 3.73. The molecule has 0 saturated carbocycles. The highest BCUT2D eigenvalue weighted by Gasteiger charge is 2.14. The Morgan fingerprint density at radius 1 is 1.30 bits per heavy atom. The molecule has 5 heteroatoms. The first-order valence-electron chi connectivity index (χ1n) is 6.18. The fourth-order valence-corrected chi connectivity index (χ4v) is 2.55. The zero-order chi connectivity index (χ0) is 14.7. The van der Waals surface area contributed by atoms with Crippen molar-refractivity contribution in [2.75, 3.05) is 24.3 Å². The SMILES string of the molecule is Cc1cc(Br)cc(NC(=O)c2cccnc2N(C)C)c1. The second-order valence-corrected chi connectivity index (χ2v) is 5.66. The summed E-state index contributed by atoms with van der Waals surface area (Å²) in [6.45, 7) is 1.98. The largest absolute Gasteiger partial charge is 0.362 e. The van der Waals surface area contributed by atoms with E-state index in [-0.39, 0.29) is 5.91 Å². The number of carbonyl (C=O) groups is 1. The van der Waals surface area contributed by atoms with Gasteiger partial charge in [-0.15, -0.1) is 0 Å². The molecule has 104 valence electrons. The Hall–Kier alpha value is -1.88. The van der Waals surface area contributed by atoms with Crippen molar-refractivity contribution >= 4 is 33.3 Å². The molecule has 0 spiro atoms. The van der Waals surface area contributed by atoms with E-state index in [1.807, 2.05) is 44.1 Å². The number of pyridine rings is 1. The topological polar surface area (TPSA) is 45.2 Å². The second-order valence-electron chi connectivity index (χ2n) is 4.74. The van der Waals surface area contributed by atoms with E-state index in [1.54, 1.807) is 18.3 Å². The predicted molar refractivity (Wildman–Crippen MR) is 85.4 cm³/mol. The molecule has 0 aliphatic rings. The van der Waals surface area contributed by atoms with Crippen LogP contribution in [0.5, 0.6) is 0 Å². The minimum Gasteiger partial charge on any atom is -0.362 e. The molecule has 2 aromatic rings. The molecule has 1 heterocycles. The Morgan fingerprint density at radius 3 is 2.70 bits per heavy atom. The number of aromatic nitrogens is 1. The van der Waals surface area contributed by atoms with Gasteiger partial charge in [0.2, 0.25) is 0 Å². The maximum atomic E-state index is 12.4. The van der Waals surface area contributed by atoms with Crippen molar-refractivity contribution in [2.45, 2.75) is 6.92 Å². The van der Waals surface area contributed by atoms with Gasteiger partial charge < -0.3 is 10.2 Å². The summed E-state index contributed by atoms with van der Waals surface area (Å²) in [6.07, 6.45) is 1.68. The lowest BCUT2D eigenvalue weighted by molar-refractivity contribution is 0.102. The summed E-state index contributed by atoms with van der Waals surface area (Å²) < 4.78 is 0.937. The first-order chi connectivity index (χ1) is 9.47. The molecule has 0 radical (unpaired) electrons. The maximum absolute atomic E-state index is 12.4. The smallest absolute Gasteiger partial charge is 0.259 e. The third-order valence-corrected chi connectivity index (χ3v) is 3.21. The van der Waals surface area contributed by atoms with Gasteiger partial charge in [0.25, 0.3) is 5.91 Å². The Balaban J connectivity index is 2.28. The van der Waals surface area contributed by atoms with Gasteiger partial charge in [0.05, 0.1) is 5.56 Å². The maximum Gasteiger partial charge on any atom is 0.259 e. The van der Waals surface area contributed by atoms with Crippen LogP contribution >= 0.6 is 15.9 Å². The normalized spacial score (nSPS) is 10.2. The Kier molecular flexibility index (Phi) is 4.39. The van der Waals surface area contributed by atoms with Gasteiger partial charge in [0, 0.05) is 30.5 Å². The standard InChI is InChI=1S/C15H16BrN3O/c1-10-7-11(16)9-12(8-10)18-15(20)13-5-4-6-17-14(13)19(2)3/h4-9H,1-3H3,(H,18,20). The van der Waals surface area contributed by atoms with Crippen LogP contribution in [0.3, 0.4) is 0 Å². The van der Waals surface area contributed by atoms with Crippen molar-refractivity contribution in [2.24, 2.45) is 0 Å². The van der Waals surface area contributed by atoms with Gasteiger partial charge in [-0.2, -0.15) is 0 Å². The quantitative estimate of drug-likeness (QED) is 0.935. The lowest BCUT2D eigenvalue weighted by Gasteiger charge is -2.15. The highest BCUT2D eigenvalue weighted by molar-refractivity contribution is 9.10. The van der Waals surface area contributed by atoms with Crippen molar-refractivity contribution in [3.05, 3.63) is 52.1 Å². The third kappa shape index (κ3) is 3.36. The van der Waals surface area contributed by atoms with Gasteiger partial charge in [-0.1, -0.05) is 15.9 Å². The fourth-order valence-electron chi connectivity index (χ4n) is 1.94. The zero-order valence-electron chi connectivity index (χ0n) is 11.6. The molecule has 20 heavy (non-hydrogen) atoms. The Labute approximate surface area is 127 Å². The number of hydrogen-bond donors (Lipinski definition) is 1. The van der Waals surface area contributed by atoms with Crippen LogP contribution in [0.25, 0.3) is 0 Å². The van der Waals surface area contributed by atoms with E-state index in [9.17, 15) is 4.79 Å². The number of rotatable bonds is 3. The van der Waals surface area contributed by atoms with Gasteiger partial charge in [-0.05, 0) is 42.8 Å². The minimum absolute atomic E-state index is 0.167. The number of nitrogens with zero attached hydrogens (tertiary/aromatic N) is 2. The van der Waals surface area contributed by atoms with E-state index in [4.69, 9.17) is 0 Å².